The fraction of sp³-hybridized carbons (Fsp3) is 0.421. The quantitative estimate of drug-likeness (QED) is 0.855. The number of halogens is 1. The first-order chi connectivity index (χ1) is 12.4. The van der Waals surface area contributed by atoms with Gasteiger partial charge in [-0.05, 0) is 43.5 Å². The zero-order chi connectivity index (χ0) is 18.7. The number of carbonyl (C=O) groups excluding carboxylic acids is 1. The number of amides is 1. The second kappa shape index (κ2) is 7.37. The van der Waals surface area contributed by atoms with Gasteiger partial charge in [-0.3, -0.25) is 4.79 Å². The van der Waals surface area contributed by atoms with Crippen molar-refractivity contribution in [3.05, 3.63) is 53.1 Å². The lowest BCUT2D eigenvalue weighted by molar-refractivity contribution is 0.0734. The van der Waals surface area contributed by atoms with Crippen molar-refractivity contribution in [3.63, 3.8) is 0 Å². The van der Waals surface area contributed by atoms with Crippen LogP contribution in [0, 0.1) is 18.2 Å². The molecule has 1 atom stereocenters. The lowest BCUT2D eigenvalue weighted by Crippen LogP contribution is -2.36. The fourth-order valence-corrected chi connectivity index (χ4v) is 3.42. The van der Waals surface area contributed by atoms with Gasteiger partial charge in [-0.2, -0.15) is 0 Å². The molecule has 6 nitrogen and oxygen atoms in total. The largest absolute Gasteiger partial charge is 0.396 e. The molecule has 2 aromatic rings. The number of carbonyl (C=O) groups is 1. The van der Waals surface area contributed by atoms with E-state index >= 15 is 0 Å². The smallest absolute Gasteiger partial charge is 0.272 e. The Kier molecular flexibility index (Phi) is 5.18. The summed E-state index contributed by atoms with van der Waals surface area (Å²) < 4.78 is 13.1. The zero-order valence-corrected chi connectivity index (χ0v) is 15.0. The minimum atomic E-state index is -0.415. The summed E-state index contributed by atoms with van der Waals surface area (Å²) in [6, 6.07) is 7.96. The van der Waals surface area contributed by atoms with Crippen LogP contribution in [-0.2, 0) is 6.42 Å². The van der Waals surface area contributed by atoms with E-state index in [-0.39, 0.29) is 18.3 Å². The first kappa shape index (κ1) is 18.3. The van der Waals surface area contributed by atoms with E-state index in [2.05, 4.69) is 15.3 Å². The zero-order valence-electron chi connectivity index (χ0n) is 15.0. The molecule has 0 radical (unpaired) electrons. The first-order valence-electron chi connectivity index (χ1n) is 8.63. The first-order valence-corrected chi connectivity index (χ1v) is 8.63. The maximum absolute atomic E-state index is 13.1. The Morgan fingerprint density at radius 2 is 2.08 bits per heavy atom. The topological polar surface area (TPSA) is 78.4 Å². The lowest BCUT2D eigenvalue weighted by Gasteiger charge is -2.27. The minimum Gasteiger partial charge on any atom is -0.396 e. The van der Waals surface area contributed by atoms with Crippen molar-refractivity contribution >= 4 is 11.9 Å². The average molecular weight is 358 g/mol. The van der Waals surface area contributed by atoms with Gasteiger partial charge in [0.2, 0.25) is 5.95 Å². The number of likely N-dealkylation sites (tertiary alicyclic amines) is 1. The third-order valence-corrected chi connectivity index (χ3v) is 4.85. The summed E-state index contributed by atoms with van der Waals surface area (Å²) in [7, 11) is 1.71. The third kappa shape index (κ3) is 3.83. The highest BCUT2D eigenvalue weighted by molar-refractivity contribution is 5.93. The van der Waals surface area contributed by atoms with Crippen LogP contribution in [0.15, 0.2) is 30.3 Å². The number of rotatable bonds is 5. The molecule has 1 unspecified atom stereocenters. The number of aromatic nitrogens is 2. The van der Waals surface area contributed by atoms with Gasteiger partial charge in [0.05, 0.1) is 6.61 Å². The van der Waals surface area contributed by atoms with Crippen LogP contribution >= 0.6 is 0 Å². The maximum atomic E-state index is 13.1. The monoisotopic (exact) mass is 358 g/mol. The summed E-state index contributed by atoms with van der Waals surface area (Å²) in [4.78, 5) is 23.0. The Balaban J connectivity index is 1.76. The molecule has 1 aromatic carbocycles. The van der Waals surface area contributed by atoms with E-state index in [0.717, 1.165) is 5.56 Å². The van der Waals surface area contributed by atoms with E-state index in [1.807, 2.05) is 6.92 Å². The van der Waals surface area contributed by atoms with E-state index in [1.165, 1.54) is 12.1 Å². The molecule has 1 amide bonds. The summed E-state index contributed by atoms with van der Waals surface area (Å²) in [6.07, 6.45) is 1.29. The summed E-state index contributed by atoms with van der Waals surface area (Å²) in [5, 5.41) is 12.8. The Morgan fingerprint density at radius 1 is 1.35 bits per heavy atom. The van der Waals surface area contributed by atoms with Gasteiger partial charge in [0, 0.05) is 31.2 Å². The molecule has 0 saturated carbocycles. The third-order valence-electron chi connectivity index (χ3n) is 4.85. The highest BCUT2D eigenvalue weighted by atomic mass is 19.1. The number of nitrogens with one attached hydrogen (secondary N) is 1. The highest BCUT2D eigenvalue weighted by Crippen LogP contribution is 2.34. The van der Waals surface area contributed by atoms with Gasteiger partial charge < -0.3 is 15.3 Å². The van der Waals surface area contributed by atoms with Crippen LogP contribution in [0.3, 0.4) is 0 Å². The number of aryl methyl sites for hydroxylation is 1. The molecule has 7 heteroatoms. The molecule has 1 aliphatic rings. The van der Waals surface area contributed by atoms with Crippen LogP contribution in [0.1, 0.15) is 28.2 Å². The van der Waals surface area contributed by atoms with Crippen LogP contribution in [0.5, 0.6) is 0 Å². The van der Waals surface area contributed by atoms with Crippen molar-refractivity contribution in [3.8, 4) is 0 Å². The Labute approximate surface area is 152 Å². The number of aliphatic hydroxyl groups excluding tert-OH is 1. The second-order valence-electron chi connectivity index (χ2n) is 6.91. The van der Waals surface area contributed by atoms with Gasteiger partial charge in [-0.15, -0.1) is 0 Å². The number of anilines is 1. The Morgan fingerprint density at radius 3 is 2.73 bits per heavy atom. The van der Waals surface area contributed by atoms with Crippen LogP contribution in [-0.4, -0.2) is 52.6 Å². The second-order valence-corrected chi connectivity index (χ2v) is 6.91. The van der Waals surface area contributed by atoms with Crippen LogP contribution in [0.2, 0.25) is 0 Å². The fourth-order valence-electron chi connectivity index (χ4n) is 3.42. The highest BCUT2D eigenvalue weighted by Gasteiger charge is 2.40. The molecule has 0 aliphatic carbocycles. The molecule has 138 valence electrons. The molecule has 1 aliphatic heterocycles. The van der Waals surface area contributed by atoms with Crippen LogP contribution < -0.4 is 5.32 Å². The SMILES string of the molecule is CNc1nc(C)cc(C(=O)N2CCC(CO)(Cc3ccc(F)cc3)C2)n1. The number of hydrogen-bond acceptors (Lipinski definition) is 5. The molecule has 3 rings (SSSR count). The number of nitrogens with zero attached hydrogens (tertiary/aromatic N) is 3. The Bertz CT molecular complexity index is 797. The maximum Gasteiger partial charge on any atom is 0.272 e. The van der Waals surface area contributed by atoms with E-state index in [9.17, 15) is 14.3 Å². The van der Waals surface area contributed by atoms with Crippen molar-refractivity contribution < 1.29 is 14.3 Å². The van der Waals surface area contributed by atoms with E-state index < -0.39 is 5.41 Å². The number of aliphatic hydroxyl groups is 1. The Hall–Kier alpha value is -2.54. The van der Waals surface area contributed by atoms with Gasteiger partial charge in [-0.1, -0.05) is 12.1 Å². The van der Waals surface area contributed by atoms with E-state index in [4.69, 9.17) is 0 Å². The minimum absolute atomic E-state index is 0.0290. The normalized spacial score (nSPS) is 19.6. The van der Waals surface area contributed by atoms with Crippen LogP contribution in [0.25, 0.3) is 0 Å². The predicted molar refractivity (Wildman–Crippen MR) is 96.5 cm³/mol. The lowest BCUT2D eigenvalue weighted by atomic mass is 9.81. The summed E-state index contributed by atoms with van der Waals surface area (Å²) in [6.45, 7) is 2.78. The van der Waals surface area contributed by atoms with E-state index in [0.29, 0.717) is 43.3 Å². The molecule has 1 fully saturated rings. The average Bonchev–Trinajstić information content (AvgIpc) is 3.07. The molecule has 26 heavy (non-hydrogen) atoms. The summed E-state index contributed by atoms with van der Waals surface area (Å²) >= 11 is 0. The molecule has 1 aromatic heterocycles. The van der Waals surface area contributed by atoms with E-state index in [1.54, 1.807) is 30.1 Å². The summed E-state index contributed by atoms with van der Waals surface area (Å²) in [5.74, 6) is -0.0387. The molecule has 0 bridgehead atoms. The molecule has 2 heterocycles. The van der Waals surface area contributed by atoms with Gasteiger partial charge in [0.25, 0.3) is 5.91 Å². The van der Waals surface area contributed by atoms with Crippen molar-refractivity contribution in [1.29, 1.82) is 0 Å². The van der Waals surface area contributed by atoms with Gasteiger partial charge in [0.15, 0.2) is 0 Å². The van der Waals surface area contributed by atoms with Crippen molar-refractivity contribution in [2.45, 2.75) is 19.8 Å². The molecule has 2 N–H and O–H groups in total. The standard InChI is InChI=1S/C19H23FN4O2/c1-13-9-16(23-18(21-2)22-13)17(26)24-8-7-19(11-24,12-25)10-14-3-5-15(20)6-4-14/h3-6,9,25H,7-8,10-12H2,1-2H3,(H,21,22,23). The van der Waals surface area contributed by atoms with Gasteiger partial charge in [0.1, 0.15) is 11.5 Å². The van der Waals surface area contributed by atoms with Gasteiger partial charge in [-0.25, -0.2) is 14.4 Å². The molecular weight excluding hydrogens is 335 g/mol. The number of hydrogen-bond donors (Lipinski definition) is 2. The van der Waals surface area contributed by atoms with Crippen molar-refractivity contribution in [1.82, 2.24) is 14.9 Å². The summed E-state index contributed by atoms with van der Waals surface area (Å²) in [5.41, 5.74) is 1.59. The predicted octanol–water partition coefficient (Wildman–Crippen LogP) is 2.03. The molecule has 0 spiro atoms. The van der Waals surface area contributed by atoms with Crippen LogP contribution in [0.4, 0.5) is 10.3 Å². The van der Waals surface area contributed by atoms with Crippen molar-refractivity contribution in [2.75, 3.05) is 32.1 Å². The number of benzene rings is 1. The van der Waals surface area contributed by atoms with Crippen molar-refractivity contribution in [2.24, 2.45) is 5.41 Å². The molecule has 1 saturated heterocycles. The van der Waals surface area contributed by atoms with Gasteiger partial charge >= 0.3 is 0 Å². The molecular formula is C19H23FN4O2.